The molecule has 0 fully saturated rings. The second-order valence-electron chi connectivity index (χ2n) is 2.05. The molecule has 0 N–H and O–H groups in total. The Morgan fingerprint density at radius 1 is 1.80 bits per heavy atom. The molecule has 10 heavy (non-hydrogen) atoms. The van der Waals surface area contributed by atoms with Crippen LogP contribution in [0.1, 0.15) is 19.0 Å². The van der Waals surface area contributed by atoms with Gasteiger partial charge in [-0.2, -0.15) is 10.4 Å². The first-order valence-corrected chi connectivity index (χ1v) is 3.30. The van der Waals surface area contributed by atoms with Crippen molar-refractivity contribution in [2.24, 2.45) is 0 Å². The predicted octanol–water partition coefficient (Wildman–Crippen LogP) is 1.16. The van der Waals surface area contributed by atoms with Crippen molar-refractivity contribution in [2.45, 2.75) is 19.9 Å². The highest BCUT2D eigenvalue weighted by molar-refractivity contribution is 5.17. The Labute approximate surface area is 59.9 Å². The van der Waals surface area contributed by atoms with Gasteiger partial charge in [0.05, 0.1) is 6.20 Å². The van der Waals surface area contributed by atoms with E-state index in [1.807, 2.05) is 0 Å². The lowest BCUT2D eigenvalue weighted by Gasteiger charge is -1.96. The summed E-state index contributed by atoms with van der Waals surface area (Å²) in [5.74, 6) is 0. The molecule has 1 heterocycles. The second-order valence-corrected chi connectivity index (χ2v) is 2.05. The molecule has 3 heteroatoms. The van der Waals surface area contributed by atoms with E-state index in [4.69, 9.17) is 5.26 Å². The fraction of sp³-hybridized carbons (Fsp3) is 0.429. The number of nitriles is 1. The van der Waals surface area contributed by atoms with Gasteiger partial charge in [-0.15, -0.1) is 0 Å². The zero-order chi connectivity index (χ0) is 7.40. The van der Waals surface area contributed by atoms with Gasteiger partial charge in [0, 0.05) is 6.54 Å². The lowest BCUT2D eigenvalue weighted by molar-refractivity contribution is 0.596. The maximum Gasteiger partial charge on any atom is 0.138 e. The summed E-state index contributed by atoms with van der Waals surface area (Å²) in [5.41, 5.74) is 0.641. The molecule has 0 aliphatic heterocycles. The van der Waals surface area contributed by atoms with Gasteiger partial charge in [-0.3, -0.25) is 4.68 Å². The Morgan fingerprint density at radius 2 is 2.60 bits per heavy atom. The van der Waals surface area contributed by atoms with Crippen LogP contribution in [-0.2, 0) is 6.54 Å². The molecule has 0 spiro atoms. The van der Waals surface area contributed by atoms with Crippen LogP contribution in [0.2, 0.25) is 0 Å². The molecule has 0 saturated heterocycles. The van der Waals surface area contributed by atoms with Gasteiger partial charge in [-0.25, -0.2) is 0 Å². The number of aryl methyl sites for hydroxylation is 1. The van der Waals surface area contributed by atoms with E-state index < -0.39 is 0 Å². The minimum Gasteiger partial charge on any atom is -0.255 e. The first kappa shape index (κ1) is 6.81. The smallest absolute Gasteiger partial charge is 0.138 e. The fourth-order valence-electron chi connectivity index (χ4n) is 0.818. The molecule has 0 aliphatic rings. The highest BCUT2D eigenvalue weighted by Crippen LogP contribution is 1.96. The van der Waals surface area contributed by atoms with Crippen LogP contribution in [0.4, 0.5) is 0 Å². The van der Waals surface area contributed by atoms with Crippen LogP contribution < -0.4 is 0 Å². The normalized spacial score (nSPS) is 9.20. The Hall–Kier alpha value is -1.30. The van der Waals surface area contributed by atoms with Crippen LogP contribution in [0.15, 0.2) is 12.3 Å². The maximum atomic E-state index is 8.52. The van der Waals surface area contributed by atoms with Gasteiger partial charge in [0.1, 0.15) is 11.8 Å². The molecule has 0 aliphatic carbocycles. The molecular formula is C7H9N3. The molecule has 1 aromatic rings. The van der Waals surface area contributed by atoms with Gasteiger partial charge in [-0.05, 0) is 12.5 Å². The van der Waals surface area contributed by atoms with Crippen molar-refractivity contribution < 1.29 is 0 Å². The third kappa shape index (κ3) is 1.16. The van der Waals surface area contributed by atoms with Crippen molar-refractivity contribution in [3.05, 3.63) is 18.0 Å². The number of nitrogens with zero attached hydrogens (tertiary/aromatic N) is 3. The number of rotatable bonds is 2. The molecular weight excluding hydrogens is 126 g/mol. The summed E-state index contributed by atoms with van der Waals surface area (Å²) in [6.45, 7) is 2.89. The number of hydrogen-bond donors (Lipinski definition) is 0. The molecule has 0 aromatic carbocycles. The quantitative estimate of drug-likeness (QED) is 0.610. The standard InChI is InChI=1S/C7H9N3/c1-2-5-10-7(6-8)3-4-9-10/h3-4H,2,5H2,1H3. The molecule has 0 atom stereocenters. The van der Waals surface area contributed by atoms with Crippen molar-refractivity contribution in [2.75, 3.05) is 0 Å². The number of hydrogen-bond acceptors (Lipinski definition) is 2. The largest absolute Gasteiger partial charge is 0.255 e. The minimum atomic E-state index is 0.641. The first-order valence-electron chi connectivity index (χ1n) is 3.30. The number of aromatic nitrogens is 2. The molecule has 1 rings (SSSR count). The topological polar surface area (TPSA) is 41.6 Å². The maximum absolute atomic E-state index is 8.52. The molecule has 0 unspecified atom stereocenters. The highest BCUT2D eigenvalue weighted by Gasteiger charge is 1.96. The SMILES string of the molecule is CCCn1nccc1C#N. The molecule has 3 nitrogen and oxygen atoms in total. The Kier molecular flexibility index (Phi) is 2.06. The van der Waals surface area contributed by atoms with Gasteiger partial charge < -0.3 is 0 Å². The average Bonchev–Trinajstić information content (AvgIpc) is 2.36. The fourth-order valence-corrected chi connectivity index (χ4v) is 0.818. The second kappa shape index (κ2) is 3.02. The van der Waals surface area contributed by atoms with E-state index in [9.17, 15) is 0 Å². The van der Waals surface area contributed by atoms with E-state index >= 15 is 0 Å². The van der Waals surface area contributed by atoms with Gasteiger partial charge in [0.15, 0.2) is 0 Å². The first-order chi connectivity index (χ1) is 4.88. The van der Waals surface area contributed by atoms with E-state index in [1.165, 1.54) is 0 Å². The van der Waals surface area contributed by atoms with E-state index in [0.29, 0.717) is 5.69 Å². The summed E-state index contributed by atoms with van der Waals surface area (Å²) in [6, 6.07) is 3.78. The van der Waals surface area contributed by atoms with Crippen molar-refractivity contribution in [3.8, 4) is 6.07 Å². The van der Waals surface area contributed by atoms with Crippen LogP contribution in [0, 0.1) is 11.3 Å². The third-order valence-electron chi connectivity index (χ3n) is 1.27. The predicted molar refractivity (Wildman–Crippen MR) is 37.2 cm³/mol. The Balaban J connectivity index is 2.82. The van der Waals surface area contributed by atoms with Gasteiger partial charge in [0.25, 0.3) is 0 Å². The lowest BCUT2D eigenvalue weighted by atomic mass is 10.4. The van der Waals surface area contributed by atoms with Crippen molar-refractivity contribution in [3.63, 3.8) is 0 Å². The van der Waals surface area contributed by atoms with Crippen LogP contribution in [0.3, 0.4) is 0 Å². The molecule has 1 aromatic heterocycles. The Morgan fingerprint density at radius 3 is 3.20 bits per heavy atom. The summed E-state index contributed by atoms with van der Waals surface area (Å²) in [4.78, 5) is 0. The summed E-state index contributed by atoms with van der Waals surface area (Å²) in [6.07, 6.45) is 2.66. The van der Waals surface area contributed by atoms with Crippen LogP contribution in [0.5, 0.6) is 0 Å². The lowest BCUT2D eigenvalue weighted by Crippen LogP contribution is -2.00. The van der Waals surface area contributed by atoms with Gasteiger partial charge in [0.2, 0.25) is 0 Å². The van der Waals surface area contributed by atoms with Crippen molar-refractivity contribution >= 4 is 0 Å². The molecule has 0 amide bonds. The summed E-state index contributed by atoms with van der Waals surface area (Å²) < 4.78 is 1.71. The summed E-state index contributed by atoms with van der Waals surface area (Å²) >= 11 is 0. The van der Waals surface area contributed by atoms with E-state index in [2.05, 4.69) is 18.1 Å². The van der Waals surface area contributed by atoms with Crippen molar-refractivity contribution in [1.82, 2.24) is 9.78 Å². The average molecular weight is 135 g/mol. The minimum absolute atomic E-state index is 0.641. The summed E-state index contributed by atoms with van der Waals surface area (Å²) in [5, 5.41) is 12.5. The molecule has 0 bridgehead atoms. The Bertz CT molecular complexity index is 244. The van der Waals surface area contributed by atoms with Crippen molar-refractivity contribution in [1.29, 1.82) is 5.26 Å². The molecule has 52 valence electrons. The zero-order valence-corrected chi connectivity index (χ0v) is 5.91. The van der Waals surface area contributed by atoms with Crippen LogP contribution >= 0.6 is 0 Å². The van der Waals surface area contributed by atoms with E-state index in [0.717, 1.165) is 13.0 Å². The summed E-state index contributed by atoms with van der Waals surface area (Å²) in [7, 11) is 0. The van der Waals surface area contributed by atoms with Crippen LogP contribution in [0.25, 0.3) is 0 Å². The molecule has 0 radical (unpaired) electrons. The highest BCUT2D eigenvalue weighted by atomic mass is 15.3. The van der Waals surface area contributed by atoms with Gasteiger partial charge >= 0.3 is 0 Å². The molecule has 0 saturated carbocycles. The van der Waals surface area contributed by atoms with Gasteiger partial charge in [-0.1, -0.05) is 6.92 Å². The van der Waals surface area contributed by atoms with Crippen LogP contribution in [-0.4, -0.2) is 9.78 Å². The monoisotopic (exact) mass is 135 g/mol. The van der Waals surface area contributed by atoms with E-state index in [-0.39, 0.29) is 0 Å². The zero-order valence-electron chi connectivity index (χ0n) is 5.91. The van der Waals surface area contributed by atoms with E-state index in [1.54, 1.807) is 16.9 Å². The third-order valence-corrected chi connectivity index (χ3v) is 1.27.